The van der Waals surface area contributed by atoms with E-state index in [1.807, 2.05) is 12.1 Å². The van der Waals surface area contributed by atoms with E-state index in [1.54, 1.807) is 0 Å². The van der Waals surface area contributed by atoms with Crippen molar-refractivity contribution in [2.24, 2.45) is 5.92 Å². The molecule has 3 rings (SSSR count). The van der Waals surface area contributed by atoms with Gasteiger partial charge in [-0.2, -0.15) is 5.26 Å². The third-order valence-electron chi connectivity index (χ3n) is 4.56. The van der Waals surface area contributed by atoms with Gasteiger partial charge in [0.05, 0.1) is 11.6 Å². The van der Waals surface area contributed by atoms with E-state index in [4.69, 9.17) is 0 Å². The van der Waals surface area contributed by atoms with E-state index in [2.05, 4.69) is 47.5 Å². The number of nitriles is 1. The van der Waals surface area contributed by atoms with Crippen LogP contribution in [0.4, 0.5) is 5.69 Å². The zero-order valence-corrected chi connectivity index (χ0v) is 13.2. The number of nitrogens with zero attached hydrogens (tertiary/aromatic N) is 2. The maximum Gasteiger partial charge on any atom is 0.0998 e. The first kappa shape index (κ1) is 14.9. The smallest absolute Gasteiger partial charge is 0.0998 e. The molecule has 0 amide bonds. The monoisotopic (exact) mass is 293 g/mol. The first-order chi connectivity index (χ1) is 10.8. The summed E-state index contributed by atoms with van der Waals surface area (Å²) in [4.78, 5) is 2.50. The quantitative estimate of drug-likeness (QED) is 0.937. The largest absolute Gasteiger partial charge is 0.371 e. The number of anilines is 1. The highest BCUT2D eigenvalue weighted by Crippen LogP contribution is 2.32. The zero-order valence-electron chi connectivity index (χ0n) is 13.2. The minimum absolute atomic E-state index is 0.711. The number of rotatable bonds is 4. The summed E-state index contributed by atoms with van der Waals surface area (Å²) in [6, 6.07) is 14.7. The summed E-state index contributed by atoms with van der Waals surface area (Å²) >= 11 is 0. The lowest BCUT2D eigenvalue weighted by atomic mass is 9.95. The number of fused-ring (bicyclic) bond motifs is 1. The summed E-state index contributed by atoms with van der Waals surface area (Å²) in [5.41, 5.74) is 2.04. The lowest BCUT2D eigenvalue weighted by Crippen LogP contribution is -2.39. The average molecular weight is 293 g/mol. The van der Waals surface area contributed by atoms with Gasteiger partial charge in [-0.15, -0.1) is 0 Å². The molecule has 114 valence electrons. The molecule has 0 spiro atoms. The van der Waals surface area contributed by atoms with Crippen molar-refractivity contribution in [2.75, 3.05) is 31.1 Å². The van der Waals surface area contributed by atoms with Gasteiger partial charge in [-0.3, -0.25) is 0 Å². The molecule has 1 fully saturated rings. The maximum atomic E-state index is 9.30. The topological polar surface area (TPSA) is 39.1 Å². The highest BCUT2D eigenvalue weighted by Gasteiger charge is 2.21. The average Bonchev–Trinajstić information content (AvgIpc) is 2.59. The second-order valence-corrected chi connectivity index (χ2v) is 6.05. The first-order valence-corrected chi connectivity index (χ1v) is 8.21. The van der Waals surface area contributed by atoms with E-state index in [-0.39, 0.29) is 0 Å². The van der Waals surface area contributed by atoms with Gasteiger partial charge in [-0.25, -0.2) is 0 Å². The fraction of sp³-hybridized carbons (Fsp3) is 0.421. The zero-order chi connectivity index (χ0) is 15.4. The number of hydrogen-bond donors (Lipinski definition) is 1. The molecule has 1 aliphatic rings. The highest BCUT2D eigenvalue weighted by molar-refractivity contribution is 5.97. The van der Waals surface area contributed by atoms with Gasteiger partial charge in [0, 0.05) is 29.5 Å². The van der Waals surface area contributed by atoms with E-state index in [0.29, 0.717) is 5.92 Å². The van der Waals surface area contributed by atoms with Crippen molar-refractivity contribution in [2.45, 2.75) is 19.8 Å². The van der Waals surface area contributed by atoms with E-state index < -0.39 is 0 Å². The molecule has 0 saturated carbocycles. The van der Waals surface area contributed by atoms with Crippen LogP contribution in [0, 0.1) is 17.2 Å². The molecule has 0 bridgehead atoms. The van der Waals surface area contributed by atoms with Crippen LogP contribution in [0.25, 0.3) is 10.8 Å². The Morgan fingerprint density at radius 2 is 2.05 bits per heavy atom. The lowest BCUT2D eigenvalue weighted by Gasteiger charge is -2.35. The van der Waals surface area contributed by atoms with Crippen molar-refractivity contribution in [3.63, 3.8) is 0 Å². The van der Waals surface area contributed by atoms with E-state index >= 15 is 0 Å². The van der Waals surface area contributed by atoms with E-state index in [0.717, 1.165) is 37.1 Å². The van der Waals surface area contributed by atoms with Crippen LogP contribution >= 0.6 is 0 Å². The van der Waals surface area contributed by atoms with Gasteiger partial charge in [0.25, 0.3) is 0 Å². The molecular formula is C19H23N3. The third kappa shape index (κ3) is 2.93. The van der Waals surface area contributed by atoms with Crippen LogP contribution in [0.5, 0.6) is 0 Å². The fourth-order valence-electron chi connectivity index (χ4n) is 3.46. The van der Waals surface area contributed by atoms with Crippen LogP contribution in [-0.4, -0.2) is 26.2 Å². The van der Waals surface area contributed by atoms with Crippen LogP contribution in [0.1, 0.15) is 25.3 Å². The number of piperidine rings is 1. The fourth-order valence-corrected chi connectivity index (χ4v) is 3.46. The number of benzene rings is 2. The Morgan fingerprint density at radius 1 is 1.23 bits per heavy atom. The Kier molecular flexibility index (Phi) is 4.60. The van der Waals surface area contributed by atoms with Gasteiger partial charge in [-0.05, 0) is 44.0 Å². The van der Waals surface area contributed by atoms with E-state index in [9.17, 15) is 5.26 Å². The Labute approximate surface area is 132 Å². The van der Waals surface area contributed by atoms with Crippen molar-refractivity contribution in [3.8, 4) is 6.07 Å². The minimum atomic E-state index is 0.711. The second kappa shape index (κ2) is 6.81. The van der Waals surface area contributed by atoms with Crippen LogP contribution < -0.4 is 10.2 Å². The summed E-state index contributed by atoms with van der Waals surface area (Å²) < 4.78 is 0. The van der Waals surface area contributed by atoms with Crippen molar-refractivity contribution < 1.29 is 0 Å². The molecule has 3 heteroatoms. The van der Waals surface area contributed by atoms with Gasteiger partial charge in [-0.1, -0.05) is 31.2 Å². The molecule has 1 aliphatic heterocycles. The van der Waals surface area contributed by atoms with Gasteiger partial charge in [0.1, 0.15) is 0 Å². The molecule has 0 aliphatic carbocycles. The van der Waals surface area contributed by atoms with Crippen LogP contribution in [-0.2, 0) is 0 Å². The summed E-state index contributed by atoms with van der Waals surface area (Å²) in [5.74, 6) is 0.711. The Morgan fingerprint density at radius 3 is 2.82 bits per heavy atom. The molecule has 22 heavy (non-hydrogen) atoms. The minimum Gasteiger partial charge on any atom is -0.371 e. The summed E-state index contributed by atoms with van der Waals surface area (Å²) in [6.07, 6.45) is 2.54. The molecule has 3 nitrogen and oxygen atoms in total. The number of nitrogens with one attached hydrogen (secondary N) is 1. The van der Waals surface area contributed by atoms with Crippen LogP contribution in [0.15, 0.2) is 36.4 Å². The Balaban J connectivity index is 1.91. The maximum absolute atomic E-state index is 9.30. The molecule has 1 N–H and O–H groups in total. The molecule has 2 aromatic carbocycles. The summed E-state index contributed by atoms with van der Waals surface area (Å²) in [5, 5.41) is 15.0. The lowest BCUT2D eigenvalue weighted by molar-refractivity contribution is 0.396. The molecule has 0 aromatic heterocycles. The van der Waals surface area contributed by atoms with Crippen molar-refractivity contribution in [1.29, 1.82) is 5.26 Å². The molecule has 0 radical (unpaired) electrons. The van der Waals surface area contributed by atoms with Gasteiger partial charge in [0.2, 0.25) is 0 Å². The van der Waals surface area contributed by atoms with Crippen LogP contribution in [0.2, 0.25) is 0 Å². The summed E-state index contributed by atoms with van der Waals surface area (Å²) in [7, 11) is 0. The summed E-state index contributed by atoms with van der Waals surface area (Å²) in [6.45, 7) is 6.51. The Hall–Kier alpha value is -2.05. The van der Waals surface area contributed by atoms with Gasteiger partial charge < -0.3 is 10.2 Å². The second-order valence-electron chi connectivity index (χ2n) is 6.05. The predicted octanol–water partition coefficient (Wildman–Crippen LogP) is 3.54. The van der Waals surface area contributed by atoms with Gasteiger partial charge >= 0.3 is 0 Å². The van der Waals surface area contributed by atoms with Crippen molar-refractivity contribution in [3.05, 3.63) is 42.0 Å². The normalized spacial score (nSPS) is 18.4. The molecular weight excluding hydrogens is 270 g/mol. The first-order valence-electron chi connectivity index (χ1n) is 8.21. The third-order valence-corrected chi connectivity index (χ3v) is 4.56. The van der Waals surface area contributed by atoms with E-state index in [1.165, 1.54) is 23.9 Å². The van der Waals surface area contributed by atoms with Crippen molar-refractivity contribution in [1.82, 2.24) is 5.32 Å². The molecule has 1 unspecified atom stereocenters. The van der Waals surface area contributed by atoms with Gasteiger partial charge in [0.15, 0.2) is 0 Å². The molecule has 1 heterocycles. The molecule has 1 atom stereocenters. The highest BCUT2D eigenvalue weighted by atomic mass is 15.1. The van der Waals surface area contributed by atoms with Crippen molar-refractivity contribution >= 4 is 16.5 Å². The standard InChI is InChI=1S/C19H23N3/c1-2-21-13-15-6-5-11-22(14-15)19-10-9-16(12-20)17-7-3-4-8-18(17)19/h3-4,7-10,15,21H,2,5-6,11,13-14H2,1H3. The predicted molar refractivity (Wildman–Crippen MR) is 92.1 cm³/mol. The molecule has 1 saturated heterocycles. The SMILES string of the molecule is CCNCC1CCCN(c2ccc(C#N)c3ccccc23)C1. The number of hydrogen-bond acceptors (Lipinski definition) is 3. The van der Waals surface area contributed by atoms with Crippen LogP contribution in [0.3, 0.4) is 0 Å². The Bertz CT molecular complexity index is 687. The molecule has 2 aromatic rings.